The van der Waals surface area contributed by atoms with Crippen molar-refractivity contribution < 1.29 is 14.3 Å². The summed E-state index contributed by atoms with van der Waals surface area (Å²) in [5.41, 5.74) is 4.10. The molecule has 5 nitrogen and oxygen atoms in total. The number of hydrogen-bond acceptors (Lipinski definition) is 3. The monoisotopic (exact) mass is 378 g/mol. The van der Waals surface area contributed by atoms with Gasteiger partial charge in [-0.15, -0.1) is 0 Å². The van der Waals surface area contributed by atoms with E-state index in [0.29, 0.717) is 17.4 Å². The third-order valence-corrected chi connectivity index (χ3v) is 6.99. The molecule has 1 N–H and O–H groups in total. The minimum atomic E-state index is -0.347. The molecule has 0 spiro atoms. The van der Waals surface area contributed by atoms with E-state index in [9.17, 15) is 9.59 Å². The number of hydrogen-bond donors (Lipinski definition) is 1. The maximum atomic E-state index is 13.5. The Labute approximate surface area is 165 Å². The Balaban J connectivity index is 1.60. The van der Waals surface area contributed by atoms with Crippen molar-refractivity contribution in [1.82, 2.24) is 4.98 Å². The van der Waals surface area contributed by atoms with Crippen LogP contribution >= 0.6 is 0 Å². The van der Waals surface area contributed by atoms with Crippen molar-refractivity contribution >= 4 is 17.5 Å². The fourth-order valence-corrected chi connectivity index (χ4v) is 5.68. The van der Waals surface area contributed by atoms with Crippen LogP contribution in [-0.2, 0) is 16.0 Å². The van der Waals surface area contributed by atoms with Gasteiger partial charge in [-0.1, -0.05) is 19.8 Å². The standard InChI is InChI=1S/C23H26N2O3/c1-3-13-12-18-20-19(16-6-4-5-7-17(16)21(18)24-13)22(26)25(23(20)27)14-8-10-15(28-2)11-9-14/h8-12,16-17,19-20,24H,3-7H2,1-2H3/t16-,17-,19-,20+/m0/s1. The molecule has 0 radical (unpaired) electrons. The van der Waals surface area contributed by atoms with E-state index in [1.807, 2.05) is 0 Å². The van der Waals surface area contributed by atoms with E-state index in [0.717, 1.165) is 36.9 Å². The lowest BCUT2D eigenvalue weighted by atomic mass is 9.62. The predicted octanol–water partition coefficient (Wildman–Crippen LogP) is 4.15. The van der Waals surface area contributed by atoms with Gasteiger partial charge in [-0.25, -0.2) is 4.90 Å². The second-order valence-corrected chi connectivity index (χ2v) is 8.29. The number of amides is 2. The van der Waals surface area contributed by atoms with Crippen molar-refractivity contribution in [3.63, 3.8) is 0 Å². The number of methoxy groups -OCH3 is 1. The second-order valence-electron chi connectivity index (χ2n) is 8.29. The third-order valence-electron chi connectivity index (χ3n) is 6.99. The SMILES string of the molecule is CCc1cc2c([nH]1)[C@H]1CCCC[C@@H]1[C@@H]1C(=O)N(c3ccc(OC)cc3)C(=O)[C@H]21. The summed E-state index contributed by atoms with van der Waals surface area (Å²) in [6, 6.07) is 9.36. The van der Waals surface area contributed by atoms with Crippen molar-refractivity contribution in [2.75, 3.05) is 12.0 Å². The van der Waals surface area contributed by atoms with Gasteiger partial charge >= 0.3 is 0 Å². The van der Waals surface area contributed by atoms with Gasteiger partial charge in [0.1, 0.15) is 5.75 Å². The largest absolute Gasteiger partial charge is 0.497 e. The number of aromatic amines is 1. The zero-order chi connectivity index (χ0) is 19.4. The summed E-state index contributed by atoms with van der Waals surface area (Å²) in [4.78, 5) is 32.0. The van der Waals surface area contributed by atoms with Gasteiger partial charge in [-0.2, -0.15) is 0 Å². The third kappa shape index (κ3) is 2.38. The molecule has 2 aromatic rings. The van der Waals surface area contributed by atoms with Gasteiger partial charge in [0.25, 0.3) is 0 Å². The van der Waals surface area contributed by atoms with Crippen LogP contribution in [0.5, 0.6) is 5.75 Å². The van der Waals surface area contributed by atoms with Gasteiger partial charge < -0.3 is 9.72 Å². The first-order valence-electron chi connectivity index (χ1n) is 10.4. The molecule has 5 heteroatoms. The maximum Gasteiger partial charge on any atom is 0.242 e. The Hall–Kier alpha value is -2.56. The first kappa shape index (κ1) is 17.5. The average molecular weight is 378 g/mol. The summed E-state index contributed by atoms with van der Waals surface area (Å²) in [6.07, 6.45) is 5.38. The number of rotatable bonds is 3. The van der Waals surface area contributed by atoms with E-state index >= 15 is 0 Å². The molecule has 1 saturated carbocycles. The summed E-state index contributed by atoms with van der Waals surface area (Å²) in [7, 11) is 1.61. The number of ether oxygens (including phenoxy) is 1. The highest BCUT2D eigenvalue weighted by Crippen LogP contribution is 2.56. The number of anilines is 1. The lowest BCUT2D eigenvalue weighted by Gasteiger charge is -2.40. The summed E-state index contributed by atoms with van der Waals surface area (Å²) >= 11 is 0. The Morgan fingerprint density at radius 1 is 1.11 bits per heavy atom. The number of carbonyl (C=O) groups is 2. The van der Waals surface area contributed by atoms with Crippen LogP contribution in [0.15, 0.2) is 30.3 Å². The molecule has 2 amide bonds. The molecule has 2 fully saturated rings. The van der Waals surface area contributed by atoms with Crippen LogP contribution in [0.1, 0.15) is 61.4 Å². The zero-order valence-electron chi connectivity index (χ0n) is 16.4. The minimum absolute atomic E-state index is 0.0260. The molecular weight excluding hydrogens is 352 g/mol. The number of aromatic nitrogens is 1. The molecule has 2 heterocycles. The molecule has 1 aromatic heterocycles. The summed E-state index contributed by atoms with van der Waals surface area (Å²) in [6.45, 7) is 2.12. The Morgan fingerprint density at radius 3 is 2.57 bits per heavy atom. The van der Waals surface area contributed by atoms with E-state index in [1.54, 1.807) is 31.4 Å². The number of nitrogens with one attached hydrogen (secondary N) is 1. The Morgan fingerprint density at radius 2 is 1.86 bits per heavy atom. The maximum absolute atomic E-state index is 13.5. The molecule has 0 bridgehead atoms. The van der Waals surface area contributed by atoms with Crippen molar-refractivity contribution in [2.24, 2.45) is 11.8 Å². The fourth-order valence-electron chi connectivity index (χ4n) is 5.68. The number of H-pyrrole nitrogens is 1. The smallest absolute Gasteiger partial charge is 0.242 e. The van der Waals surface area contributed by atoms with Crippen LogP contribution in [0, 0.1) is 11.8 Å². The number of fused-ring (bicyclic) bond motifs is 6. The summed E-state index contributed by atoms with van der Waals surface area (Å²) in [5, 5.41) is 0. The first-order valence-corrected chi connectivity index (χ1v) is 10.4. The van der Waals surface area contributed by atoms with Gasteiger partial charge in [-0.05, 0) is 61.1 Å². The zero-order valence-corrected chi connectivity index (χ0v) is 16.4. The van der Waals surface area contributed by atoms with Crippen LogP contribution in [0.3, 0.4) is 0 Å². The quantitative estimate of drug-likeness (QED) is 0.816. The van der Waals surface area contributed by atoms with Crippen LogP contribution in [0.25, 0.3) is 0 Å². The molecule has 146 valence electrons. The average Bonchev–Trinajstić information content (AvgIpc) is 3.27. The van der Waals surface area contributed by atoms with Crippen molar-refractivity contribution in [3.8, 4) is 5.75 Å². The number of benzene rings is 1. The van der Waals surface area contributed by atoms with E-state index in [1.165, 1.54) is 17.0 Å². The van der Waals surface area contributed by atoms with Gasteiger partial charge in [0.15, 0.2) is 0 Å². The molecule has 1 aromatic carbocycles. The van der Waals surface area contributed by atoms with Gasteiger partial charge in [0.05, 0.1) is 24.6 Å². The molecule has 1 saturated heterocycles. The molecule has 2 aliphatic carbocycles. The lowest BCUT2D eigenvalue weighted by molar-refractivity contribution is -0.123. The molecule has 0 unspecified atom stereocenters. The van der Waals surface area contributed by atoms with E-state index < -0.39 is 0 Å². The molecule has 4 atom stereocenters. The second kappa shape index (κ2) is 6.50. The van der Waals surface area contributed by atoms with Gasteiger partial charge in [0, 0.05) is 17.3 Å². The van der Waals surface area contributed by atoms with Crippen molar-refractivity contribution in [1.29, 1.82) is 0 Å². The molecular formula is C23H26N2O3. The highest BCUT2D eigenvalue weighted by Gasteiger charge is 2.57. The van der Waals surface area contributed by atoms with Gasteiger partial charge in [0.2, 0.25) is 11.8 Å². The molecule has 28 heavy (non-hydrogen) atoms. The van der Waals surface area contributed by atoms with Crippen molar-refractivity contribution in [3.05, 3.63) is 47.3 Å². The normalized spacial score (nSPS) is 28.7. The van der Waals surface area contributed by atoms with E-state index in [2.05, 4.69) is 18.0 Å². The van der Waals surface area contributed by atoms with Crippen molar-refractivity contribution in [2.45, 2.75) is 50.9 Å². The fraction of sp³-hybridized carbons (Fsp3) is 0.478. The Bertz CT molecular complexity index is 930. The summed E-state index contributed by atoms with van der Waals surface area (Å²) < 4.78 is 5.22. The number of nitrogens with zero attached hydrogens (tertiary/aromatic N) is 1. The number of imide groups is 1. The van der Waals surface area contributed by atoms with Crippen LogP contribution in [-0.4, -0.2) is 23.9 Å². The Kier molecular flexibility index (Phi) is 4.07. The van der Waals surface area contributed by atoms with Crippen LogP contribution in [0.4, 0.5) is 5.69 Å². The van der Waals surface area contributed by atoms with E-state index in [-0.39, 0.29) is 29.6 Å². The topological polar surface area (TPSA) is 62.4 Å². The lowest BCUT2D eigenvalue weighted by Crippen LogP contribution is -2.37. The van der Waals surface area contributed by atoms with Gasteiger partial charge in [-0.3, -0.25) is 9.59 Å². The highest BCUT2D eigenvalue weighted by molar-refractivity contribution is 6.24. The summed E-state index contributed by atoms with van der Waals surface area (Å²) in [5.74, 6) is 0.669. The number of carbonyl (C=O) groups excluding carboxylic acids is 2. The van der Waals surface area contributed by atoms with Crippen LogP contribution < -0.4 is 9.64 Å². The van der Waals surface area contributed by atoms with Crippen LogP contribution in [0.2, 0.25) is 0 Å². The highest BCUT2D eigenvalue weighted by atomic mass is 16.5. The predicted molar refractivity (Wildman–Crippen MR) is 107 cm³/mol. The minimum Gasteiger partial charge on any atom is -0.497 e. The molecule has 3 aliphatic rings. The first-order chi connectivity index (χ1) is 13.6. The molecule has 5 rings (SSSR count). The number of aryl methyl sites for hydroxylation is 1. The molecule has 1 aliphatic heterocycles. The van der Waals surface area contributed by atoms with E-state index in [4.69, 9.17) is 4.74 Å².